The summed E-state index contributed by atoms with van der Waals surface area (Å²) in [6.45, 7) is 7.63. The van der Waals surface area contributed by atoms with Crippen LogP contribution in [0.15, 0.2) is 12.4 Å². The Labute approximate surface area is 119 Å². The molecule has 1 saturated heterocycles. The maximum atomic E-state index is 11.6. The van der Waals surface area contributed by atoms with Gasteiger partial charge in [0.05, 0.1) is 19.4 Å². The average Bonchev–Trinajstić information content (AvgIpc) is 2.86. The highest BCUT2D eigenvalue weighted by molar-refractivity contribution is 5.75. The molecule has 1 aliphatic heterocycles. The first kappa shape index (κ1) is 15.0. The van der Waals surface area contributed by atoms with Crippen LogP contribution in [0.25, 0.3) is 0 Å². The summed E-state index contributed by atoms with van der Waals surface area (Å²) in [5.41, 5.74) is 0.753. The lowest BCUT2D eigenvalue weighted by Gasteiger charge is -2.31. The first-order chi connectivity index (χ1) is 9.58. The molecule has 1 atom stereocenters. The minimum Gasteiger partial charge on any atom is -0.480 e. The predicted octanol–water partition coefficient (Wildman–Crippen LogP) is 1.39. The van der Waals surface area contributed by atoms with Crippen molar-refractivity contribution in [1.29, 1.82) is 0 Å². The Balaban J connectivity index is 2.07. The van der Waals surface area contributed by atoms with Crippen molar-refractivity contribution >= 4 is 5.97 Å². The van der Waals surface area contributed by atoms with Gasteiger partial charge in [-0.25, -0.2) is 0 Å². The molecule has 1 N–H and O–H groups in total. The van der Waals surface area contributed by atoms with E-state index in [2.05, 4.69) is 18.9 Å². The Kier molecular flexibility index (Phi) is 5.14. The maximum Gasteiger partial charge on any atom is 0.325 e. The van der Waals surface area contributed by atoms with E-state index in [1.165, 1.54) is 0 Å². The zero-order valence-corrected chi connectivity index (χ0v) is 12.2. The lowest BCUT2D eigenvalue weighted by molar-refractivity contribution is -0.145. The number of hydrogen-bond acceptors (Lipinski definition) is 4. The van der Waals surface area contributed by atoms with Gasteiger partial charge in [-0.1, -0.05) is 13.8 Å². The SMILES string of the molecule is CC(C)CCn1cc(C(C(=O)O)N2CCOCC2)cn1. The molecule has 1 unspecified atom stereocenters. The Morgan fingerprint density at radius 1 is 1.45 bits per heavy atom. The number of carboxylic acids is 1. The number of ether oxygens (including phenoxy) is 1. The van der Waals surface area contributed by atoms with E-state index in [9.17, 15) is 9.90 Å². The highest BCUT2D eigenvalue weighted by Gasteiger charge is 2.29. The zero-order chi connectivity index (χ0) is 14.5. The largest absolute Gasteiger partial charge is 0.480 e. The van der Waals surface area contributed by atoms with E-state index in [1.54, 1.807) is 6.20 Å². The van der Waals surface area contributed by atoms with E-state index in [4.69, 9.17) is 4.74 Å². The van der Waals surface area contributed by atoms with Crippen LogP contribution in [0, 0.1) is 5.92 Å². The van der Waals surface area contributed by atoms with Crippen LogP contribution in [0.3, 0.4) is 0 Å². The molecule has 6 nitrogen and oxygen atoms in total. The van der Waals surface area contributed by atoms with Crippen LogP contribution < -0.4 is 0 Å². The first-order valence-corrected chi connectivity index (χ1v) is 7.15. The van der Waals surface area contributed by atoms with Gasteiger partial charge in [0.15, 0.2) is 0 Å². The molecule has 0 saturated carbocycles. The molecule has 0 bridgehead atoms. The molecule has 2 rings (SSSR count). The summed E-state index contributed by atoms with van der Waals surface area (Å²) in [6.07, 6.45) is 4.57. The van der Waals surface area contributed by atoms with Crippen LogP contribution >= 0.6 is 0 Å². The van der Waals surface area contributed by atoms with Crippen LogP contribution in [0.2, 0.25) is 0 Å². The van der Waals surface area contributed by atoms with Crippen molar-refractivity contribution in [1.82, 2.24) is 14.7 Å². The second-order valence-electron chi connectivity index (χ2n) is 5.61. The summed E-state index contributed by atoms with van der Waals surface area (Å²) in [7, 11) is 0. The molecule has 1 aliphatic rings. The predicted molar refractivity (Wildman–Crippen MR) is 74.5 cm³/mol. The molecule has 1 aromatic rings. The quantitative estimate of drug-likeness (QED) is 0.853. The summed E-state index contributed by atoms with van der Waals surface area (Å²) in [6, 6.07) is -0.619. The first-order valence-electron chi connectivity index (χ1n) is 7.15. The second-order valence-corrected chi connectivity index (χ2v) is 5.61. The zero-order valence-electron chi connectivity index (χ0n) is 12.2. The number of aromatic nitrogens is 2. The van der Waals surface area contributed by atoms with Crippen molar-refractivity contribution in [2.24, 2.45) is 5.92 Å². The van der Waals surface area contributed by atoms with E-state index in [0.29, 0.717) is 32.2 Å². The normalized spacial score (nSPS) is 18.4. The summed E-state index contributed by atoms with van der Waals surface area (Å²) in [4.78, 5) is 13.5. The van der Waals surface area contributed by atoms with E-state index in [1.807, 2.05) is 15.8 Å². The standard InChI is InChI=1S/C14H23N3O3/c1-11(2)3-4-17-10-12(9-15-17)13(14(18)19)16-5-7-20-8-6-16/h9-11,13H,3-8H2,1-2H3,(H,18,19). The van der Waals surface area contributed by atoms with Gasteiger partial charge < -0.3 is 9.84 Å². The molecule has 0 spiro atoms. The Hall–Kier alpha value is -1.40. The summed E-state index contributed by atoms with van der Waals surface area (Å²) in [5.74, 6) is -0.215. The average molecular weight is 281 g/mol. The molecule has 6 heteroatoms. The fraction of sp³-hybridized carbons (Fsp3) is 0.714. The van der Waals surface area contributed by atoms with Gasteiger partial charge in [0, 0.05) is 31.4 Å². The number of carboxylic acid groups (broad SMARTS) is 1. The van der Waals surface area contributed by atoms with Crippen LogP contribution in [0.5, 0.6) is 0 Å². The number of nitrogens with zero attached hydrogens (tertiary/aromatic N) is 3. The summed E-state index contributed by atoms with van der Waals surface area (Å²) in [5, 5.41) is 13.8. The Bertz CT molecular complexity index is 439. The molecule has 20 heavy (non-hydrogen) atoms. The van der Waals surface area contributed by atoms with Crippen molar-refractivity contribution in [3.8, 4) is 0 Å². The summed E-state index contributed by atoms with van der Waals surface area (Å²) >= 11 is 0. The lowest BCUT2D eigenvalue weighted by Crippen LogP contribution is -2.42. The molecule has 112 valence electrons. The van der Waals surface area contributed by atoms with Crippen molar-refractivity contribution in [2.45, 2.75) is 32.9 Å². The maximum absolute atomic E-state index is 11.6. The number of aryl methyl sites for hydroxylation is 1. The fourth-order valence-electron chi connectivity index (χ4n) is 2.38. The Morgan fingerprint density at radius 3 is 2.75 bits per heavy atom. The van der Waals surface area contributed by atoms with Gasteiger partial charge >= 0.3 is 5.97 Å². The minimum absolute atomic E-state index is 0.589. The molecule has 0 aliphatic carbocycles. The van der Waals surface area contributed by atoms with Gasteiger partial charge in [-0.3, -0.25) is 14.4 Å². The fourth-order valence-corrected chi connectivity index (χ4v) is 2.38. The second kappa shape index (κ2) is 6.85. The molecular weight excluding hydrogens is 258 g/mol. The van der Waals surface area contributed by atoms with Gasteiger partial charge in [0.25, 0.3) is 0 Å². The topological polar surface area (TPSA) is 67.6 Å². The smallest absolute Gasteiger partial charge is 0.325 e. The molecule has 2 heterocycles. The van der Waals surface area contributed by atoms with Crippen LogP contribution in [0.1, 0.15) is 31.9 Å². The van der Waals surface area contributed by atoms with Crippen LogP contribution in [-0.4, -0.2) is 52.1 Å². The number of hydrogen-bond donors (Lipinski definition) is 1. The molecule has 0 radical (unpaired) electrons. The molecule has 0 amide bonds. The summed E-state index contributed by atoms with van der Waals surface area (Å²) < 4.78 is 7.12. The molecule has 1 aromatic heterocycles. The lowest BCUT2D eigenvalue weighted by atomic mass is 10.1. The van der Waals surface area contributed by atoms with Crippen molar-refractivity contribution in [3.05, 3.63) is 18.0 Å². The Morgan fingerprint density at radius 2 is 2.15 bits per heavy atom. The van der Waals surface area contributed by atoms with Crippen LogP contribution in [-0.2, 0) is 16.1 Å². The van der Waals surface area contributed by atoms with Crippen LogP contribution in [0.4, 0.5) is 0 Å². The molecule has 0 aromatic carbocycles. The highest BCUT2D eigenvalue weighted by atomic mass is 16.5. The van der Waals surface area contributed by atoms with Crippen molar-refractivity contribution in [2.75, 3.05) is 26.3 Å². The third-order valence-corrected chi connectivity index (χ3v) is 3.55. The number of morpholine rings is 1. The van der Waals surface area contributed by atoms with E-state index < -0.39 is 12.0 Å². The van der Waals surface area contributed by atoms with E-state index in [-0.39, 0.29) is 0 Å². The van der Waals surface area contributed by atoms with E-state index >= 15 is 0 Å². The van der Waals surface area contributed by atoms with E-state index in [0.717, 1.165) is 18.5 Å². The number of aliphatic carboxylic acids is 1. The van der Waals surface area contributed by atoms with Gasteiger partial charge in [0.2, 0.25) is 0 Å². The third-order valence-electron chi connectivity index (χ3n) is 3.55. The van der Waals surface area contributed by atoms with Gasteiger partial charge in [-0.05, 0) is 12.3 Å². The number of carbonyl (C=O) groups is 1. The van der Waals surface area contributed by atoms with Crippen molar-refractivity contribution < 1.29 is 14.6 Å². The minimum atomic E-state index is -0.824. The van der Waals surface area contributed by atoms with Crippen molar-refractivity contribution in [3.63, 3.8) is 0 Å². The van der Waals surface area contributed by atoms with Gasteiger partial charge in [0.1, 0.15) is 6.04 Å². The third kappa shape index (κ3) is 3.80. The monoisotopic (exact) mass is 281 g/mol. The number of rotatable bonds is 6. The molecular formula is C14H23N3O3. The van der Waals surface area contributed by atoms with Gasteiger partial charge in [-0.15, -0.1) is 0 Å². The molecule has 1 fully saturated rings. The highest BCUT2D eigenvalue weighted by Crippen LogP contribution is 2.22. The van der Waals surface area contributed by atoms with Gasteiger partial charge in [-0.2, -0.15) is 5.10 Å².